The van der Waals surface area contributed by atoms with E-state index in [4.69, 9.17) is 18.8 Å². The van der Waals surface area contributed by atoms with Gasteiger partial charge in [-0.05, 0) is 99.8 Å². The van der Waals surface area contributed by atoms with E-state index in [1.807, 2.05) is 30.3 Å². The minimum absolute atomic E-state index is 0.660. The predicted octanol–water partition coefficient (Wildman–Crippen LogP) is 13.8. The van der Waals surface area contributed by atoms with E-state index >= 15 is 0 Å². The summed E-state index contributed by atoms with van der Waals surface area (Å²) in [6.45, 7) is 0. The van der Waals surface area contributed by atoms with Crippen molar-refractivity contribution in [3.05, 3.63) is 182 Å². The van der Waals surface area contributed by atoms with Gasteiger partial charge in [-0.1, -0.05) is 115 Å². The van der Waals surface area contributed by atoms with Crippen LogP contribution >= 0.6 is 0 Å². The number of hydrogen-bond acceptors (Lipinski definition) is 4. The molecule has 0 radical (unpaired) electrons. The molecule has 0 saturated heterocycles. The second-order valence-corrected chi connectivity index (χ2v) is 13.8. The van der Waals surface area contributed by atoms with Crippen LogP contribution < -0.4 is 0 Å². The Kier molecular flexibility index (Phi) is 6.82. The number of para-hydroxylation sites is 2. The largest absolute Gasteiger partial charge is 0.456 e. The van der Waals surface area contributed by atoms with Crippen LogP contribution in [0, 0.1) is 0 Å². The van der Waals surface area contributed by atoms with Gasteiger partial charge in [0.2, 0.25) is 0 Å². The predicted molar refractivity (Wildman–Crippen MR) is 221 cm³/mol. The fourth-order valence-corrected chi connectivity index (χ4v) is 7.73. The maximum Gasteiger partial charge on any atom is 0.160 e. The van der Waals surface area contributed by atoms with Crippen molar-refractivity contribution in [2.75, 3.05) is 0 Å². The van der Waals surface area contributed by atoms with Gasteiger partial charge in [0.15, 0.2) is 5.82 Å². The monoisotopic (exact) mass is 690 g/mol. The van der Waals surface area contributed by atoms with Crippen molar-refractivity contribution in [1.82, 2.24) is 9.97 Å². The second kappa shape index (κ2) is 12.1. The molecule has 0 aliphatic heterocycles. The van der Waals surface area contributed by atoms with Gasteiger partial charge < -0.3 is 8.83 Å². The third-order valence-electron chi connectivity index (χ3n) is 10.5. The summed E-state index contributed by atoms with van der Waals surface area (Å²) in [6, 6.07) is 63.4. The zero-order valence-corrected chi connectivity index (χ0v) is 29.0. The molecule has 0 fully saturated rings. The first-order valence-electron chi connectivity index (χ1n) is 18.1. The molecule has 0 atom stereocenters. The lowest BCUT2D eigenvalue weighted by molar-refractivity contribution is 0.668. The molecule has 3 aromatic heterocycles. The first-order valence-corrected chi connectivity index (χ1v) is 18.1. The Morgan fingerprint density at radius 1 is 0.278 bits per heavy atom. The molecule has 0 N–H and O–H groups in total. The average Bonchev–Trinajstić information content (AvgIpc) is 3.81. The molecule has 3 heterocycles. The molecular formula is C50H30N2O2. The fraction of sp³-hybridized carbons (Fsp3) is 0. The van der Waals surface area contributed by atoms with Gasteiger partial charge in [0.25, 0.3) is 0 Å². The highest BCUT2D eigenvalue weighted by atomic mass is 16.3. The van der Waals surface area contributed by atoms with Crippen LogP contribution in [0.4, 0.5) is 0 Å². The van der Waals surface area contributed by atoms with Crippen LogP contribution in [0.5, 0.6) is 0 Å². The van der Waals surface area contributed by atoms with Crippen LogP contribution in [0.3, 0.4) is 0 Å². The Hall–Kier alpha value is -7.30. The third kappa shape index (κ3) is 5.15. The van der Waals surface area contributed by atoms with E-state index in [0.29, 0.717) is 5.82 Å². The smallest absolute Gasteiger partial charge is 0.160 e. The molecule has 252 valence electrons. The minimum Gasteiger partial charge on any atom is -0.456 e. The summed E-state index contributed by atoms with van der Waals surface area (Å²) in [5, 5.41) is 6.74. The number of hydrogen-bond donors (Lipinski definition) is 0. The van der Waals surface area contributed by atoms with Crippen LogP contribution in [-0.2, 0) is 0 Å². The van der Waals surface area contributed by atoms with Gasteiger partial charge in [-0.15, -0.1) is 0 Å². The third-order valence-corrected chi connectivity index (χ3v) is 10.5. The zero-order chi connectivity index (χ0) is 35.6. The molecule has 54 heavy (non-hydrogen) atoms. The van der Waals surface area contributed by atoms with Gasteiger partial charge in [-0.25, -0.2) is 9.97 Å². The number of furan rings is 2. The molecule has 4 heteroatoms. The van der Waals surface area contributed by atoms with E-state index in [0.717, 1.165) is 94.2 Å². The van der Waals surface area contributed by atoms with Crippen LogP contribution in [0.25, 0.3) is 111 Å². The zero-order valence-electron chi connectivity index (χ0n) is 29.0. The Bertz CT molecular complexity index is 3100. The summed E-state index contributed by atoms with van der Waals surface area (Å²) in [4.78, 5) is 10.6. The van der Waals surface area contributed by atoms with E-state index in [1.165, 1.54) is 10.8 Å². The van der Waals surface area contributed by atoms with Gasteiger partial charge >= 0.3 is 0 Å². The van der Waals surface area contributed by atoms with Crippen molar-refractivity contribution < 1.29 is 8.83 Å². The molecule has 0 saturated carbocycles. The second-order valence-electron chi connectivity index (χ2n) is 13.8. The van der Waals surface area contributed by atoms with Crippen LogP contribution in [-0.4, -0.2) is 9.97 Å². The topological polar surface area (TPSA) is 52.1 Å². The maximum absolute atomic E-state index is 6.21. The first-order chi connectivity index (χ1) is 26.7. The summed E-state index contributed by atoms with van der Waals surface area (Å²) < 4.78 is 12.4. The molecule has 0 bridgehead atoms. The standard InChI is InChI=1S/C50H30N2O2/c1-2-11-32(12-3-1)44-30-45(36-19-18-31-10-4-5-13-33(31)24-36)52-50(51-44)39-26-37(34-20-22-48-42(28-34)40-14-6-8-16-46(40)53-48)25-38(27-39)35-21-23-49-43(29-35)41-15-7-9-17-47(41)54-49/h1-30H. The summed E-state index contributed by atoms with van der Waals surface area (Å²) in [5.74, 6) is 0.660. The molecule has 0 unspecified atom stereocenters. The van der Waals surface area contributed by atoms with Crippen LogP contribution in [0.15, 0.2) is 191 Å². The molecule has 0 amide bonds. The summed E-state index contributed by atoms with van der Waals surface area (Å²) in [5.41, 5.74) is 12.5. The van der Waals surface area contributed by atoms with Crippen LogP contribution in [0.2, 0.25) is 0 Å². The van der Waals surface area contributed by atoms with E-state index < -0.39 is 0 Å². The van der Waals surface area contributed by atoms with Crippen molar-refractivity contribution in [3.8, 4) is 56.2 Å². The number of benzene rings is 8. The van der Waals surface area contributed by atoms with Gasteiger partial charge in [-0.3, -0.25) is 0 Å². The molecule has 4 nitrogen and oxygen atoms in total. The molecule has 0 aliphatic rings. The normalized spacial score (nSPS) is 11.7. The average molecular weight is 691 g/mol. The van der Waals surface area contributed by atoms with Gasteiger partial charge in [0.05, 0.1) is 11.4 Å². The molecule has 11 rings (SSSR count). The Morgan fingerprint density at radius 2 is 0.778 bits per heavy atom. The van der Waals surface area contributed by atoms with E-state index in [2.05, 4.69) is 152 Å². The molecule has 8 aromatic carbocycles. The molecule has 0 spiro atoms. The summed E-state index contributed by atoms with van der Waals surface area (Å²) >= 11 is 0. The molecule has 0 aliphatic carbocycles. The van der Waals surface area contributed by atoms with Crippen LogP contribution in [0.1, 0.15) is 0 Å². The van der Waals surface area contributed by atoms with E-state index in [1.54, 1.807) is 0 Å². The van der Waals surface area contributed by atoms with E-state index in [9.17, 15) is 0 Å². The SMILES string of the molecule is c1ccc(-c2cc(-c3ccc4ccccc4c3)nc(-c3cc(-c4ccc5oc6ccccc6c5c4)cc(-c4ccc5oc6ccccc6c5c4)c3)n2)cc1. The lowest BCUT2D eigenvalue weighted by Gasteiger charge is -2.13. The highest BCUT2D eigenvalue weighted by molar-refractivity contribution is 6.07. The lowest BCUT2D eigenvalue weighted by Crippen LogP contribution is -1.97. The van der Waals surface area contributed by atoms with Crippen molar-refractivity contribution >= 4 is 54.6 Å². The maximum atomic E-state index is 6.21. The Morgan fingerprint density at radius 3 is 1.43 bits per heavy atom. The fourth-order valence-electron chi connectivity index (χ4n) is 7.73. The van der Waals surface area contributed by atoms with Crippen molar-refractivity contribution in [2.24, 2.45) is 0 Å². The van der Waals surface area contributed by atoms with Crippen molar-refractivity contribution in [1.29, 1.82) is 0 Å². The first kappa shape index (κ1) is 30.3. The molecular weight excluding hydrogens is 661 g/mol. The highest BCUT2D eigenvalue weighted by Crippen LogP contribution is 2.39. The molecule has 11 aromatic rings. The number of aromatic nitrogens is 2. The van der Waals surface area contributed by atoms with Gasteiger partial charge in [-0.2, -0.15) is 0 Å². The van der Waals surface area contributed by atoms with Gasteiger partial charge in [0, 0.05) is 38.2 Å². The number of fused-ring (bicyclic) bond motifs is 7. The van der Waals surface area contributed by atoms with Gasteiger partial charge in [0.1, 0.15) is 22.3 Å². The van der Waals surface area contributed by atoms with Crippen molar-refractivity contribution in [2.45, 2.75) is 0 Å². The lowest BCUT2D eigenvalue weighted by atomic mass is 9.94. The quantitative estimate of drug-likeness (QED) is 0.180. The highest BCUT2D eigenvalue weighted by Gasteiger charge is 2.16. The summed E-state index contributed by atoms with van der Waals surface area (Å²) in [7, 11) is 0. The Labute approximate surface area is 310 Å². The minimum atomic E-state index is 0.660. The number of nitrogens with zero attached hydrogens (tertiary/aromatic N) is 2. The Balaban J connectivity index is 1.15. The number of rotatable bonds is 5. The van der Waals surface area contributed by atoms with Crippen molar-refractivity contribution in [3.63, 3.8) is 0 Å². The summed E-state index contributed by atoms with van der Waals surface area (Å²) in [6.07, 6.45) is 0. The van der Waals surface area contributed by atoms with E-state index in [-0.39, 0.29) is 0 Å².